The van der Waals surface area contributed by atoms with E-state index < -0.39 is 27.5 Å². The number of halogens is 3. The Morgan fingerprint density at radius 1 is 1.07 bits per heavy atom. The van der Waals surface area contributed by atoms with Gasteiger partial charge in [0.2, 0.25) is 15.9 Å². The van der Waals surface area contributed by atoms with Gasteiger partial charge in [0.05, 0.1) is 11.3 Å². The van der Waals surface area contributed by atoms with Crippen molar-refractivity contribution in [2.24, 2.45) is 5.92 Å². The summed E-state index contributed by atoms with van der Waals surface area (Å²) in [5.41, 5.74) is -0.753. The Bertz CT molecular complexity index is 781. The highest BCUT2D eigenvalue weighted by Gasteiger charge is 2.34. The SMILES string of the molecule is O=C(C1CCCC1)N1CCN(S(=O)(=O)Cc2cccc(C(F)(F)F)c2)CC1. The van der Waals surface area contributed by atoms with Crippen molar-refractivity contribution in [1.29, 1.82) is 0 Å². The van der Waals surface area contributed by atoms with Crippen LogP contribution in [0.2, 0.25) is 0 Å². The van der Waals surface area contributed by atoms with Crippen LogP contribution in [-0.2, 0) is 26.7 Å². The molecule has 1 saturated heterocycles. The summed E-state index contributed by atoms with van der Waals surface area (Å²) in [5.74, 6) is -0.325. The lowest BCUT2D eigenvalue weighted by Crippen LogP contribution is -2.51. The zero-order chi connectivity index (χ0) is 19.7. The first-order valence-corrected chi connectivity index (χ1v) is 10.7. The van der Waals surface area contributed by atoms with E-state index in [1.54, 1.807) is 4.90 Å². The van der Waals surface area contributed by atoms with Crippen LogP contribution in [0.4, 0.5) is 13.2 Å². The lowest BCUT2D eigenvalue weighted by molar-refractivity contribution is -0.138. The molecule has 0 unspecified atom stereocenters. The molecule has 1 aromatic carbocycles. The first kappa shape index (κ1) is 20.1. The van der Waals surface area contributed by atoms with Crippen LogP contribution in [0, 0.1) is 5.92 Å². The van der Waals surface area contributed by atoms with Crippen molar-refractivity contribution in [3.05, 3.63) is 35.4 Å². The molecule has 1 heterocycles. The van der Waals surface area contributed by atoms with Crippen molar-refractivity contribution < 1.29 is 26.4 Å². The third kappa shape index (κ3) is 4.82. The van der Waals surface area contributed by atoms with Gasteiger partial charge < -0.3 is 4.90 Å². The van der Waals surface area contributed by atoms with Gasteiger partial charge in [-0.05, 0) is 24.5 Å². The smallest absolute Gasteiger partial charge is 0.340 e. The maximum Gasteiger partial charge on any atom is 0.416 e. The molecule has 2 fully saturated rings. The van der Waals surface area contributed by atoms with E-state index in [1.165, 1.54) is 16.4 Å². The van der Waals surface area contributed by atoms with Crippen molar-refractivity contribution in [2.75, 3.05) is 26.2 Å². The van der Waals surface area contributed by atoms with Gasteiger partial charge in [-0.15, -0.1) is 0 Å². The summed E-state index contributed by atoms with van der Waals surface area (Å²) in [6.07, 6.45) is -0.602. The minimum atomic E-state index is -4.51. The van der Waals surface area contributed by atoms with E-state index in [9.17, 15) is 26.4 Å². The Balaban J connectivity index is 1.61. The van der Waals surface area contributed by atoms with E-state index in [0.717, 1.165) is 37.8 Å². The second kappa shape index (κ2) is 7.79. The van der Waals surface area contributed by atoms with Crippen LogP contribution in [0.5, 0.6) is 0 Å². The maximum absolute atomic E-state index is 12.8. The third-order valence-electron chi connectivity index (χ3n) is 5.25. The number of rotatable bonds is 4. The molecule has 1 aromatic rings. The minimum Gasteiger partial charge on any atom is -0.340 e. The van der Waals surface area contributed by atoms with Gasteiger partial charge in [0.15, 0.2) is 0 Å². The number of amides is 1. The van der Waals surface area contributed by atoms with E-state index in [4.69, 9.17) is 0 Å². The van der Waals surface area contributed by atoms with Gasteiger partial charge in [-0.2, -0.15) is 17.5 Å². The van der Waals surface area contributed by atoms with Gasteiger partial charge in [-0.3, -0.25) is 4.79 Å². The summed E-state index contributed by atoms with van der Waals surface area (Å²) in [6, 6.07) is 4.39. The number of alkyl halides is 3. The van der Waals surface area contributed by atoms with E-state index in [-0.39, 0.29) is 30.5 Å². The summed E-state index contributed by atoms with van der Waals surface area (Å²) in [4.78, 5) is 14.1. The maximum atomic E-state index is 12.8. The predicted molar refractivity (Wildman–Crippen MR) is 94.2 cm³/mol. The zero-order valence-corrected chi connectivity index (χ0v) is 15.7. The fraction of sp³-hybridized carbons (Fsp3) is 0.611. The van der Waals surface area contributed by atoms with Crippen LogP contribution in [-0.4, -0.2) is 49.7 Å². The van der Waals surface area contributed by atoms with Crippen molar-refractivity contribution in [3.63, 3.8) is 0 Å². The Kier molecular flexibility index (Phi) is 5.81. The summed E-state index contributed by atoms with van der Waals surface area (Å²) in [6.45, 7) is 1.02. The van der Waals surface area contributed by atoms with Gasteiger partial charge in [-0.25, -0.2) is 8.42 Å². The number of nitrogens with zero attached hydrogens (tertiary/aromatic N) is 2. The van der Waals surface area contributed by atoms with Crippen LogP contribution < -0.4 is 0 Å². The topological polar surface area (TPSA) is 57.7 Å². The molecule has 1 amide bonds. The van der Waals surface area contributed by atoms with Gasteiger partial charge in [0.25, 0.3) is 0 Å². The number of hydrogen-bond donors (Lipinski definition) is 0. The highest BCUT2D eigenvalue weighted by Crippen LogP contribution is 2.30. The summed E-state index contributed by atoms with van der Waals surface area (Å²) in [5, 5.41) is 0. The summed E-state index contributed by atoms with van der Waals surface area (Å²) >= 11 is 0. The van der Waals surface area contributed by atoms with Crippen molar-refractivity contribution >= 4 is 15.9 Å². The van der Waals surface area contributed by atoms with Gasteiger partial charge in [0, 0.05) is 32.1 Å². The molecule has 0 atom stereocenters. The lowest BCUT2D eigenvalue weighted by atomic mass is 10.1. The molecule has 0 radical (unpaired) electrons. The van der Waals surface area contributed by atoms with Crippen molar-refractivity contribution in [1.82, 2.24) is 9.21 Å². The van der Waals surface area contributed by atoms with Crippen LogP contribution in [0.25, 0.3) is 0 Å². The molecule has 0 aromatic heterocycles. The molecule has 2 aliphatic rings. The minimum absolute atomic E-state index is 0.0539. The standard InChI is InChI=1S/C18H23F3N2O3S/c19-18(20,21)16-7-3-4-14(12-16)13-27(25,26)23-10-8-22(9-11-23)17(24)15-5-1-2-6-15/h3-4,7,12,15H,1-2,5-6,8-11,13H2. The fourth-order valence-electron chi connectivity index (χ4n) is 3.76. The third-order valence-corrected chi connectivity index (χ3v) is 7.10. The van der Waals surface area contributed by atoms with Crippen molar-refractivity contribution in [2.45, 2.75) is 37.6 Å². The fourth-order valence-corrected chi connectivity index (χ4v) is 5.26. The molecule has 3 rings (SSSR count). The molecule has 1 saturated carbocycles. The molecule has 0 N–H and O–H groups in total. The Labute approximate surface area is 157 Å². The molecule has 0 bridgehead atoms. The van der Waals surface area contributed by atoms with Crippen molar-refractivity contribution in [3.8, 4) is 0 Å². The zero-order valence-electron chi connectivity index (χ0n) is 14.9. The number of carbonyl (C=O) groups excluding carboxylic acids is 1. The molecule has 1 aliphatic heterocycles. The van der Waals surface area contributed by atoms with Gasteiger partial charge in [-0.1, -0.05) is 31.0 Å². The molecule has 5 nitrogen and oxygen atoms in total. The molecular formula is C18H23F3N2O3S. The summed E-state index contributed by atoms with van der Waals surface area (Å²) in [7, 11) is -3.74. The lowest BCUT2D eigenvalue weighted by Gasteiger charge is -2.35. The molecular weight excluding hydrogens is 381 g/mol. The second-order valence-electron chi connectivity index (χ2n) is 7.16. The number of benzene rings is 1. The van der Waals surface area contributed by atoms with Crippen LogP contribution in [0.3, 0.4) is 0 Å². The van der Waals surface area contributed by atoms with Gasteiger partial charge >= 0.3 is 6.18 Å². The number of piperazine rings is 1. The monoisotopic (exact) mass is 404 g/mol. The van der Waals surface area contributed by atoms with E-state index >= 15 is 0 Å². The highest BCUT2D eigenvalue weighted by molar-refractivity contribution is 7.88. The average molecular weight is 404 g/mol. The van der Waals surface area contributed by atoms with E-state index in [0.29, 0.717) is 13.1 Å². The Morgan fingerprint density at radius 3 is 2.30 bits per heavy atom. The number of hydrogen-bond acceptors (Lipinski definition) is 3. The Hall–Kier alpha value is -1.61. The summed E-state index contributed by atoms with van der Waals surface area (Å²) < 4.78 is 64.9. The highest BCUT2D eigenvalue weighted by atomic mass is 32.2. The molecule has 27 heavy (non-hydrogen) atoms. The first-order chi connectivity index (χ1) is 12.7. The number of sulfonamides is 1. The largest absolute Gasteiger partial charge is 0.416 e. The number of carbonyl (C=O) groups is 1. The average Bonchev–Trinajstić information content (AvgIpc) is 3.15. The van der Waals surface area contributed by atoms with Crippen LogP contribution >= 0.6 is 0 Å². The van der Waals surface area contributed by atoms with E-state index in [2.05, 4.69) is 0 Å². The molecule has 9 heteroatoms. The Morgan fingerprint density at radius 2 is 1.70 bits per heavy atom. The quantitative estimate of drug-likeness (QED) is 0.776. The first-order valence-electron chi connectivity index (χ1n) is 9.09. The van der Waals surface area contributed by atoms with Crippen LogP contribution in [0.1, 0.15) is 36.8 Å². The second-order valence-corrected chi connectivity index (χ2v) is 9.13. The molecule has 150 valence electrons. The van der Waals surface area contributed by atoms with E-state index in [1.807, 2.05) is 0 Å². The normalized spacial score (nSPS) is 20.2. The molecule has 1 aliphatic carbocycles. The molecule has 0 spiro atoms. The van der Waals surface area contributed by atoms with Crippen LogP contribution in [0.15, 0.2) is 24.3 Å². The van der Waals surface area contributed by atoms with Gasteiger partial charge in [0.1, 0.15) is 0 Å². The predicted octanol–water partition coefficient (Wildman–Crippen LogP) is 2.87.